The molecule has 5 nitrogen and oxygen atoms in total. The van der Waals surface area contributed by atoms with Gasteiger partial charge in [-0.05, 0) is 26.7 Å². The summed E-state index contributed by atoms with van der Waals surface area (Å²) in [4.78, 5) is 12.4. The van der Waals surface area contributed by atoms with E-state index in [0.29, 0.717) is 19.4 Å². The van der Waals surface area contributed by atoms with Gasteiger partial charge in [0.1, 0.15) is 0 Å². The molecule has 0 saturated carbocycles. The SMILES string of the molecule is C[C@@H]1CC(OCCO)C[C@H](C)N1C(=O)O. The van der Waals surface area contributed by atoms with E-state index < -0.39 is 6.09 Å². The summed E-state index contributed by atoms with van der Waals surface area (Å²) in [7, 11) is 0. The van der Waals surface area contributed by atoms with Crippen LogP contribution in [0.15, 0.2) is 0 Å². The number of piperidine rings is 1. The van der Waals surface area contributed by atoms with Crippen molar-refractivity contribution in [1.82, 2.24) is 4.90 Å². The molecular weight excluding hydrogens is 198 g/mol. The highest BCUT2D eigenvalue weighted by Gasteiger charge is 2.34. The van der Waals surface area contributed by atoms with Gasteiger partial charge in [-0.2, -0.15) is 0 Å². The topological polar surface area (TPSA) is 70.0 Å². The third kappa shape index (κ3) is 3.07. The normalized spacial score (nSPS) is 31.7. The van der Waals surface area contributed by atoms with Crippen LogP contribution < -0.4 is 0 Å². The van der Waals surface area contributed by atoms with E-state index >= 15 is 0 Å². The Kier molecular flexibility index (Phi) is 4.35. The van der Waals surface area contributed by atoms with Crippen molar-refractivity contribution in [3.8, 4) is 0 Å². The molecule has 0 radical (unpaired) electrons. The summed E-state index contributed by atoms with van der Waals surface area (Å²) < 4.78 is 5.43. The van der Waals surface area contributed by atoms with Crippen LogP contribution in [0.5, 0.6) is 0 Å². The Hall–Kier alpha value is -0.810. The second-order valence-electron chi connectivity index (χ2n) is 4.08. The number of hydrogen-bond donors (Lipinski definition) is 2. The van der Waals surface area contributed by atoms with E-state index in [4.69, 9.17) is 14.9 Å². The lowest BCUT2D eigenvalue weighted by molar-refractivity contribution is -0.0362. The maximum atomic E-state index is 10.9. The van der Waals surface area contributed by atoms with Crippen LogP contribution in [0.25, 0.3) is 0 Å². The number of aliphatic hydroxyl groups excluding tert-OH is 1. The molecule has 1 heterocycles. The molecule has 1 unspecified atom stereocenters. The van der Waals surface area contributed by atoms with Gasteiger partial charge in [-0.3, -0.25) is 0 Å². The Morgan fingerprint density at radius 3 is 2.33 bits per heavy atom. The Morgan fingerprint density at radius 2 is 1.93 bits per heavy atom. The fourth-order valence-electron chi connectivity index (χ4n) is 2.25. The van der Waals surface area contributed by atoms with E-state index in [0.717, 1.165) is 0 Å². The number of aliphatic hydroxyl groups is 1. The lowest BCUT2D eigenvalue weighted by Crippen LogP contribution is -2.51. The minimum Gasteiger partial charge on any atom is -0.465 e. The molecule has 1 amide bonds. The van der Waals surface area contributed by atoms with Gasteiger partial charge in [-0.15, -0.1) is 0 Å². The van der Waals surface area contributed by atoms with Gasteiger partial charge >= 0.3 is 6.09 Å². The molecule has 1 rings (SSSR count). The van der Waals surface area contributed by atoms with Crippen molar-refractivity contribution >= 4 is 6.09 Å². The summed E-state index contributed by atoms with van der Waals surface area (Å²) in [5.41, 5.74) is 0. The van der Waals surface area contributed by atoms with Crippen LogP contribution in [-0.2, 0) is 4.74 Å². The van der Waals surface area contributed by atoms with Gasteiger partial charge in [0.25, 0.3) is 0 Å². The molecule has 3 atom stereocenters. The minimum atomic E-state index is -0.865. The highest BCUT2D eigenvalue weighted by atomic mass is 16.5. The predicted octanol–water partition coefficient (Wildman–Crippen LogP) is 0.915. The molecule has 0 aromatic heterocycles. The summed E-state index contributed by atoms with van der Waals surface area (Å²) in [6.07, 6.45) is 0.612. The average molecular weight is 217 g/mol. The van der Waals surface area contributed by atoms with Gasteiger partial charge < -0.3 is 19.8 Å². The third-order valence-corrected chi connectivity index (χ3v) is 2.82. The fraction of sp³-hybridized carbons (Fsp3) is 0.900. The van der Waals surface area contributed by atoms with Gasteiger partial charge in [-0.1, -0.05) is 0 Å². The Bertz CT molecular complexity index is 209. The van der Waals surface area contributed by atoms with E-state index in [9.17, 15) is 4.79 Å². The zero-order chi connectivity index (χ0) is 11.4. The van der Waals surface area contributed by atoms with E-state index in [1.165, 1.54) is 4.90 Å². The number of amides is 1. The van der Waals surface area contributed by atoms with Crippen molar-refractivity contribution in [3.63, 3.8) is 0 Å². The second-order valence-corrected chi connectivity index (χ2v) is 4.08. The number of carboxylic acid groups (broad SMARTS) is 1. The highest BCUT2D eigenvalue weighted by molar-refractivity contribution is 5.66. The zero-order valence-electron chi connectivity index (χ0n) is 9.22. The van der Waals surface area contributed by atoms with E-state index in [1.807, 2.05) is 13.8 Å². The molecule has 0 aromatic carbocycles. The zero-order valence-corrected chi connectivity index (χ0v) is 9.22. The van der Waals surface area contributed by atoms with Gasteiger partial charge in [0.2, 0.25) is 0 Å². The van der Waals surface area contributed by atoms with Crippen molar-refractivity contribution in [3.05, 3.63) is 0 Å². The molecule has 0 bridgehead atoms. The largest absolute Gasteiger partial charge is 0.465 e. The fourth-order valence-corrected chi connectivity index (χ4v) is 2.25. The van der Waals surface area contributed by atoms with Gasteiger partial charge in [0, 0.05) is 12.1 Å². The van der Waals surface area contributed by atoms with Crippen molar-refractivity contribution < 1.29 is 19.7 Å². The number of nitrogens with zero attached hydrogens (tertiary/aromatic N) is 1. The van der Waals surface area contributed by atoms with Crippen LogP contribution in [0.1, 0.15) is 26.7 Å². The van der Waals surface area contributed by atoms with Crippen LogP contribution in [0.4, 0.5) is 4.79 Å². The standard InChI is InChI=1S/C10H19NO4/c1-7-5-9(15-4-3-12)6-8(2)11(7)10(13)14/h7-9,12H,3-6H2,1-2H3,(H,13,14)/t7-,8+,9?. The predicted molar refractivity (Wildman–Crippen MR) is 54.8 cm³/mol. The number of hydrogen-bond acceptors (Lipinski definition) is 3. The lowest BCUT2D eigenvalue weighted by atomic mass is 9.95. The van der Waals surface area contributed by atoms with Gasteiger partial charge in [-0.25, -0.2) is 4.79 Å². The van der Waals surface area contributed by atoms with Crippen molar-refractivity contribution in [2.45, 2.75) is 44.9 Å². The molecular formula is C10H19NO4. The number of rotatable bonds is 3. The molecule has 1 saturated heterocycles. The van der Waals surface area contributed by atoms with E-state index in [2.05, 4.69) is 0 Å². The Balaban J connectivity index is 2.50. The molecule has 5 heteroatoms. The molecule has 88 valence electrons. The lowest BCUT2D eigenvalue weighted by Gasteiger charge is -2.40. The van der Waals surface area contributed by atoms with Crippen LogP contribution >= 0.6 is 0 Å². The third-order valence-electron chi connectivity index (χ3n) is 2.82. The summed E-state index contributed by atoms with van der Waals surface area (Å²) >= 11 is 0. The van der Waals surface area contributed by atoms with Gasteiger partial charge in [0.15, 0.2) is 0 Å². The Morgan fingerprint density at radius 1 is 1.40 bits per heavy atom. The first kappa shape index (κ1) is 12.3. The quantitative estimate of drug-likeness (QED) is 0.737. The van der Waals surface area contributed by atoms with Crippen LogP contribution in [0.2, 0.25) is 0 Å². The maximum absolute atomic E-state index is 10.9. The number of likely N-dealkylation sites (tertiary alicyclic amines) is 1. The van der Waals surface area contributed by atoms with Crippen molar-refractivity contribution in [1.29, 1.82) is 0 Å². The maximum Gasteiger partial charge on any atom is 0.407 e. The van der Waals surface area contributed by atoms with Crippen LogP contribution in [0.3, 0.4) is 0 Å². The molecule has 0 spiro atoms. The molecule has 1 fully saturated rings. The smallest absolute Gasteiger partial charge is 0.407 e. The first-order chi connectivity index (χ1) is 7.06. The van der Waals surface area contributed by atoms with E-state index in [1.54, 1.807) is 0 Å². The van der Waals surface area contributed by atoms with Crippen molar-refractivity contribution in [2.24, 2.45) is 0 Å². The summed E-state index contributed by atoms with van der Waals surface area (Å²) in [6, 6.07) is -0.0371. The summed E-state index contributed by atoms with van der Waals surface area (Å²) in [6.45, 7) is 4.12. The Labute approximate surface area is 89.6 Å². The van der Waals surface area contributed by atoms with Crippen LogP contribution in [-0.4, -0.2) is 52.6 Å². The molecule has 1 aliphatic rings. The number of ether oxygens (including phenoxy) is 1. The minimum absolute atomic E-state index is 0.0158. The molecule has 15 heavy (non-hydrogen) atoms. The molecule has 0 aromatic rings. The molecule has 2 N–H and O–H groups in total. The van der Waals surface area contributed by atoms with Gasteiger partial charge in [0.05, 0.1) is 19.3 Å². The summed E-state index contributed by atoms with van der Waals surface area (Å²) in [5, 5.41) is 17.6. The molecule has 0 aliphatic carbocycles. The molecule has 1 aliphatic heterocycles. The second kappa shape index (κ2) is 5.32. The summed E-state index contributed by atoms with van der Waals surface area (Å²) in [5.74, 6) is 0. The number of carbonyl (C=O) groups is 1. The first-order valence-corrected chi connectivity index (χ1v) is 5.30. The van der Waals surface area contributed by atoms with Crippen LogP contribution in [0, 0.1) is 0 Å². The highest BCUT2D eigenvalue weighted by Crippen LogP contribution is 2.24. The first-order valence-electron chi connectivity index (χ1n) is 5.30. The van der Waals surface area contributed by atoms with E-state index in [-0.39, 0.29) is 24.8 Å². The average Bonchev–Trinajstić information content (AvgIpc) is 2.12. The van der Waals surface area contributed by atoms with Crippen molar-refractivity contribution in [2.75, 3.05) is 13.2 Å². The monoisotopic (exact) mass is 217 g/mol.